The summed E-state index contributed by atoms with van der Waals surface area (Å²) in [5.41, 5.74) is 8.76. The maximum Gasteiger partial charge on any atom is 0.410 e. The molecule has 2 aromatic heterocycles. The fourth-order valence-electron chi connectivity index (χ4n) is 8.70. The Morgan fingerprint density at radius 3 is 2.61 bits per heavy atom. The maximum absolute atomic E-state index is 13.4. The van der Waals surface area contributed by atoms with Gasteiger partial charge in [-0.25, -0.2) is 19.6 Å². The summed E-state index contributed by atoms with van der Waals surface area (Å²) < 4.78 is 22.4. The molecule has 3 N–H and O–H groups in total. The molecule has 2 aromatic carbocycles. The van der Waals surface area contributed by atoms with Crippen LogP contribution in [0.25, 0.3) is 33.6 Å². The first kappa shape index (κ1) is 37.5. The van der Waals surface area contributed by atoms with Crippen molar-refractivity contribution in [2.24, 2.45) is 5.92 Å². The Morgan fingerprint density at radius 2 is 1.84 bits per heavy atom. The fraction of sp³-hybridized carbons (Fsp3) is 0.500. The van der Waals surface area contributed by atoms with E-state index in [1.54, 1.807) is 12.0 Å². The highest BCUT2D eigenvalue weighted by Crippen LogP contribution is 2.46. The number of aryl methyl sites for hydroxylation is 2. The third-order valence-corrected chi connectivity index (χ3v) is 11.4. The average molecular weight is 766 g/mol. The van der Waals surface area contributed by atoms with Crippen LogP contribution in [0.1, 0.15) is 93.9 Å². The zero-order valence-corrected chi connectivity index (χ0v) is 33.0. The Kier molecular flexibility index (Phi) is 10.0. The molecular weight excluding hydrogens is 715 g/mol. The molecule has 3 amide bonds. The number of H-pyrrole nitrogens is 2. The Balaban J connectivity index is 1.02. The molecule has 2 fully saturated rings. The Morgan fingerprint density at radius 1 is 1.00 bits per heavy atom. The highest BCUT2D eigenvalue weighted by atomic mass is 16.6. The molecule has 4 unspecified atom stereocenters. The number of ether oxygens (including phenoxy) is 4. The molecule has 4 aromatic rings. The Labute approximate surface area is 326 Å². The summed E-state index contributed by atoms with van der Waals surface area (Å²) in [7, 11) is 2.98. The molecule has 0 bridgehead atoms. The van der Waals surface area contributed by atoms with Crippen LogP contribution >= 0.6 is 0 Å². The van der Waals surface area contributed by atoms with Crippen LogP contribution in [0.4, 0.5) is 9.59 Å². The van der Waals surface area contributed by atoms with Gasteiger partial charge in [-0.2, -0.15) is 0 Å². The minimum absolute atomic E-state index is 0.135. The second-order valence-corrected chi connectivity index (χ2v) is 16.3. The van der Waals surface area contributed by atoms with Gasteiger partial charge in [0.05, 0.1) is 43.4 Å². The second-order valence-electron chi connectivity index (χ2n) is 16.3. The highest BCUT2D eigenvalue weighted by molar-refractivity contribution is 5.86. The van der Waals surface area contributed by atoms with Crippen molar-refractivity contribution in [3.05, 3.63) is 65.0 Å². The molecule has 0 radical (unpaired) electrons. The van der Waals surface area contributed by atoms with Crippen molar-refractivity contribution in [1.29, 1.82) is 0 Å². The number of likely N-dealkylation sites (tertiary alicyclic amines) is 2. The lowest BCUT2D eigenvalue weighted by Gasteiger charge is -2.27. The number of carbonyl (C=O) groups is 3. The molecule has 5 heterocycles. The number of hydrogen-bond donors (Lipinski definition) is 3. The van der Waals surface area contributed by atoms with Crippen molar-refractivity contribution in [2.45, 2.75) is 96.6 Å². The number of fused-ring (bicyclic) bond motifs is 6. The molecule has 2 saturated heterocycles. The van der Waals surface area contributed by atoms with Gasteiger partial charge in [0.15, 0.2) is 0 Å². The van der Waals surface area contributed by atoms with E-state index in [9.17, 15) is 14.4 Å². The van der Waals surface area contributed by atoms with Gasteiger partial charge in [-0.05, 0) is 99.7 Å². The van der Waals surface area contributed by atoms with Crippen molar-refractivity contribution in [3.63, 3.8) is 0 Å². The van der Waals surface area contributed by atoms with Gasteiger partial charge in [0.2, 0.25) is 5.91 Å². The van der Waals surface area contributed by atoms with Crippen molar-refractivity contribution in [3.8, 4) is 39.4 Å². The van der Waals surface area contributed by atoms with Crippen LogP contribution in [-0.4, -0.2) is 93.4 Å². The Bertz CT molecular complexity index is 2150. The third kappa shape index (κ3) is 7.10. The van der Waals surface area contributed by atoms with Gasteiger partial charge in [0.25, 0.3) is 0 Å². The number of benzene rings is 2. The van der Waals surface area contributed by atoms with E-state index in [1.807, 2.05) is 38.8 Å². The number of imidazole rings is 2. The van der Waals surface area contributed by atoms with Crippen LogP contribution in [-0.2, 0) is 38.5 Å². The number of amides is 3. The van der Waals surface area contributed by atoms with E-state index in [0.717, 1.165) is 94.4 Å². The molecule has 0 saturated carbocycles. The number of aromatic amines is 2. The van der Waals surface area contributed by atoms with Crippen molar-refractivity contribution in [2.75, 3.05) is 33.9 Å². The number of methoxy groups -OCH3 is 2. The van der Waals surface area contributed by atoms with E-state index in [1.165, 1.54) is 12.7 Å². The first-order chi connectivity index (χ1) is 26.9. The maximum atomic E-state index is 13.4. The number of aromatic nitrogens is 4. The van der Waals surface area contributed by atoms with Gasteiger partial charge in [0.1, 0.15) is 35.6 Å². The van der Waals surface area contributed by atoms with Crippen LogP contribution in [0.2, 0.25) is 0 Å². The second kappa shape index (κ2) is 14.9. The predicted molar refractivity (Wildman–Crippen MR) is 208 cm³/mol. The van der Waals surface area contributed by atoms with Crippen molar-refractivity contribution < 1.29 is 33.3 Å². The summed E-state index contributed by atoms with van der Waals surface area (Å²) in [5.74, 6) is 2.38. The number of hydrogen-bond acceptors (Lipinski definition) is 9. The van der Waals surface area contributed by atoms with Crippen molar-refractivity contribution >= 4 is 18.1 Å². The SMILES string of the molecule is CCC(NC(=O)OC)C(=O)N1CCCC1c1ncc(-c2ccc3c(c2)COc2cc4c(cc2-3)CCc2[nH]c(C3CC(COC)CN3C(=O)OC(C)(C)C)nc2-4)[nH]1. The lowest BCUT2D eigenvalue weighted by molar-refractivity contribution is -0.134. The molecule has 8 rings (SSSR count). The van der Waals surface area contributed by atoms with Crippen LogP contribution in [0.3, 0.4) is 0 Å². The number of carbonyl (C=O) groups excluding carboxylic acids is 3. The quantitative estimate of drug-likeness (QED) is 0.174. The lowest BCUT2D eigenvalue weighted by Crippen LogP contribution is -2.48. The van der Waals surface area contributed by atoms with E-state index in [-0.39, 0.29) is 30.0 Å². The lowest BCUT2D eigenvalue weighted by atomic mass is 9.86. The first-order valence-corrected chi connectivity index (χ1v) is 19.7. The van der Waals surface area contributed by atoms with Gasteiger partial charge in [-0.15, -0.1) is 0 Å². The molecular formula is C42H51N7O7. The average Bonchev–Trinajstić information content (AvgIpc) is 4.01. The minimum atomic E-state index is -0.659. The number of nitrogens with one attached hydrogen (secondary N) is 3. The highest BCUT2D eigenvalue weighted by Gasteiger charge is 2.41. The van der Waals surface area contributed by atoms with E-state index in [4.69, 9.17) is 28.9 Å². The van der Waals surface area contributed by atoms with Crippen LogP contribution < -0.4 is 10.1 Å². The standard InChI is InChI=1S/C42H51N7O7/c1-7-30(46-40(51)54-6)39(50)48-14-8-9-33(48)37-43-19-32(45-37)25-10-12-27-26(16-25)22-55-35-18-28-24(17-29(27)35)11-13-31-36(28)47-38(44-31)34-15-23(21-53-5)20-49(34)41(52)56-42(2,3)4/h10,12,16-19,23,30,33-34H,7-9,11,13-15,20-22H2,1-6H3,(H,43,45)(H,44,47)(H,46,51). The summed E-state index contributed by atoms with van der Waals surface area (Å²) in [5, 5.41) is 2.66. The van der Waals surface area contributed by atoms with Gasteiger partial charge in [-0.1, -0.05) is 19.1 Å². The van der Waals surface area contributed by atoms with Gasteiger partial charge >= 0.3 is 12.2 Å². The monoisotopic (exact) mass is 765 g/mol. The number of alkyl carbamates (subject to hydrolysis) is 1. The summed E-state index contributed by atoms with van der Waals surface area (Å²) in [4.78, 5) is 59.2. The first-order valence-electron chi connectivity index (χ1n) is 19.7. The van der Waals surface area contributed by atoms with Gasteiger partial charge < -0.3 is 39.1 Å². The van der Waals surface area contributed by atoms with Gasteiger partial charge in [-0.3, -0.25) is 9.69 Å². The van der Waals surface area contributed by atoms with Crippen molar-refractivity contribution in [1.82, 2.24) is 35.1 Å². The molecule has 4 aliphatic rings. The number of rotatable bonds is 8. The van der Waals surface area contributed by atoms with Crippen LogP contribution in [0, 0.1) is 5.92 Å². The van der Waals surface area contributed by atoms with Gasteiger partial charge in [0, 0.05) is 42.9 Å². The zero-order chi connectivity index (χ0) is 39.3. The topological polar surface area (TPSA) is 164 Å². The summed E-state index contributed by atoms with van der Waals surface area (Å²) in [6.45, 7) is 9.65. The number of nitrogens with zero attached hydrogens (tertiary/aromatic N) is 4. The fourth-order valence-corrected chi connectivity index (χ4v) is 8.70. The predicted octanol–water partition coefficient (Wildman–Crippen LogP) is 6.87. The zero-order valence-electron chi connectivity index (χ0n) is 33.0. The third-order valence-electron chi connectivity index (χ3n) is 11.4. The summed E-state index contributed by atoms with van der Waals surface area (Å²) >= 11 is 0. The van der Waals surface area contributed by atoms with E-state index in [2.05, 4.69) is 45.6 Å². The summed E-state index contributed by atoms with van der Waals surface area (Å²) in [6.07, 6.45) is 5.37. The molecule has 14 heteroatoms. The van der Waals surface area contributed by atoms with E-state index in [0.29, 0.717) is 32.7 Å². The molecule has 14 nitrogen and oxygen atoms in total. The van der Waals surface area contributed by atoms with E-state index < -0.39 is 17.7 Å². The van der Waals surface area contributed by atoms with E-state index >= 15 is 0 Å². The molecule has 1 aliphatic carbocycles. The smallest absolute Gasteiger partial charge is 0.410 e. The van der Waals surface area contributed by atoms with Crippen LogP contribution in [0.15, 0.2) is 36.5 Å². The normalized spacial score (nSPS) is 20.4. The molecule has 56 heavy (non-hydrogen) atoms. The van der Waals surface area contributed by atoms with Crippen LogP contribution in [0.5, 0.6) is 5.75 Å². The summed E-state index contributed by atoms with van der Waals surface area (Å²) in [6, 6.07) is 9.67. The molecule has 0 spiro atoms. The Hall–Kier alpha value is -5.37. The largest absolute Gasteiger partial charge is 0.488 e. The molecule has 3 aliphatic heterocycles. The molecule has 4 atom stereocenters. The minimum Gasteiger partial charge on any atom is -0.488 e. The molecule has 296 valence electrons.